The Morgan fingerprint density at radius 2 is 1.79 bits per heavy atom. The molecule has 1 aliphatic heterocycles. The fourth-order valence-corrected chi connectivity index (χ4v) is 8.23. The van der Waals surface area contributed by atoms with Crippen LogP contribution in [0.3, 0.4) is 0 Å². The number of amides is 3. The van der Waals surface area contributed by atoms with Crippen molar-refractivity contribution < 1.29 is 23.7 Å². The Hall–Kier alpha value is -4.86. The van der Waals surface area contributed by atoms with E-state index in [2.05, 4.69) is 46.7 Å². The van der Waals surface area contributed by atoms with Gasteiger partial charge in [-0.15, -0.1) is 0 Å². The second-order valence-electron chi connectivity index (χ2n) is 16.4. The van der Waals surface area contributed by atoms with Gasteiger partial charge in [0.25, 0.3) is 11.8 Å². The molecular weight excluding hydrogens is 667 g/mol. The van der Waals surface area contributed by atoms with Crippen LogP contribution >= 0.6 is 0 Å². The van der Waals surface area contributed by atoms with E-state index < -0.39 is 42.1 Å². The number of nitriles is 1. The summed E-state index contributed by atoms with van der Waals surface area (Å²) in [5.41, 5.74) is 1.84. The standard InChI is InChI=1S/C41H49BN6O5/c1-39(2,3)48-36(49)29(24-43)20-28-14-10-13-27(19-28)15-16-31(46-38(51)32-25-44-17-18-45-32)37(50)47-35(21-26-11-8-7-9-12-26)42-52-34-23-30-22-33(40(30,4)5)41(34,6)53-42/h7-14,17-20,25,30-31,33-35H,15-16,21-23H2,1-6H3,(H,46,51)(H,47,50)(H,48,49)/t30-,31?,33-,34+,35-,41-/m0/s1. The molecule has 11 nitrogen and oxygen atoms in total. The van der Waals surface area contributed by atoms with Crippen molar-refractivity contribution in [2.75, 3.05) is 0 Å². The van der Waals surface area contributed by atoms with Crippen LogP contribution < -0.4 is 16.0 Å². The summed E-state index contributed by atoms with van der Waals surface area (Å²) >= 11 is 0. The van der Waals surface area contributed by atoms with Gasteiger partial charge < -0.3 is 25.3 Å². The monoisotopic (exact) mass is 716 g/mol. The number of aromatic nitrogens is 2. The van der Waals surface area contributed by atoms with Crippen molar-refractivity contribution in [3.63, 3.8) is 0 Å². The molecule has 3 aliphatic carbocycles. The van der Waals surface area contributed by atoms with Crippen molar-refractivity contribution in [2.24, 2.45) is 17.3 Å². The number of rotatable bonds is 12. The number of nitrogens with one attached hydrogen (secondary N) is 3. The van der Waals surface area contributed by atoms with E-state index >= 15 is 0 Å². The molecule has 12 heteroatoms. The molecule has 1 saturated heterocycles. The summed E-state index contributed by atoms with van der Waals surface area (Å²) in [6, 6.07) is 18.4. The third kappa shape index (κ3) is 8.53. The van der Waals surface area contributed by atoms with Gasteiger partial charge in [0, 0.05) is 17.9 Å². The maximum atomic E-state index is 14.3. The number of nitrogens with zero attached hydrogens (tertiary/aromatic N) is 3. The van der Waals surface area contributed by atoms with Crippen molar-refractivity contribution in [3.05, 3.63) is 101 Å². The highest BCUT2D eigenvalue weighted by atomic mass is 16.7. The number of carbonyl (C=O) groups is 3. The van der Waals surface area contributed by atoms with Crippen LogP contribution in [-0.2, 0) is 31.7 Å². The molecular formula is C41H49BN6O5. The topological polar surface area (TPSA) is 155 Å². The van der Waals surface area contributed by atoms with Crippen molar-refractivity contribution in [1.29, 1.82) is 5.26 Å². The van der Waals surface area contributed by atoms with E-state index in [1.807, 2.05) is 81.4 Å². The van der Waals surface area contributed by atoms with Gasteiger partial charge in [-0.25, -0.2) is 4.98 Å². The molecule has 0 spiro atoms. The van der Waals surface area contributed by atoms with Gasteiger partial charge in [0.05, 0.1) is 23.8 Å². The summed E-state index contributed by atoms with van der Waals surface area (Å²) < 4.78 is 13.5. The number of carbonyl (C=O) groups excluding carboxylic acids is 3. The average Bonchev–Trinajstić information content (AvgIpc) is 3.49. The quantitative estimate of drug-likeness (QED) is 0.134. The van der Waals surface area contributed by atoms with E-state index in [1.54, 1.807) is 6.08 Å². The largest absolute Gasteiger partial charge is 0.482 e. The molecule has 4 aliphatic rings. The lowest BCUT2D eigenvalue weighted by Gasteiger charge is -2.64. The van der Waals surface area contributed by atoms with Crippen LogP contribution in [0.25, 0.3) is 6.08 Å². The summed E-state index contributed by atoms with van der Waals surface area (Å²) in [4.78, 5) is 48.6. The Morgan fingerprint density at radius 3 is 2.47 bits per heavy atom. The third-order valence-corrected chi connectivity index (χ3v) is 11.2. The number of benzene rings is 2. The highest BCUT2D eigenvalue weighted by Gasteiger charge is 2.68. The molecule has 0 radical (unpaired) electrons. The number of hydrogen-bond donors (Lipinski definition) is 3. The fraction of sp³-hybridized carbons (Fsp3) is 0.463. The zero-order valence-corrected chi connectivity index (χ0v) is 31.4. The average molecular weight is 717 g/mol. The van der Waals surface area contributed by atoms with Crippen molar-refractivity contribution in [1.82, 2.24) is 25.9 Å². The molecule has 3 N–H and O–H groups in total. The maximum Gasteiger partial charge on any atom is 0.482 e. The van der Waals surface area contributed by atoms with E-state index in [-0.39, 0.29) is 35.1 Å². The highest BCUT2D eigenvalue weighted by molar-refractivity contribution is 6.48. The minimum Gasteiger partial charge on any atom is -0.404 e. The molecule has 276 valence electrons. The molecule has 2 aromatic carbocycles. The molecule has 6 atom stereocenters. The normalized spacial score (nSPS) is 24.1. The van der Waals surface area contributed by atoms with E-state index in [1.165, 1.54) is 18.6 Å². The summed E-state index contributed by atoms with van der Waals surface area (Å²) in [7, 11) is -0.672. The first-order valence-electron chi connectivity index (χ1n) is 18.4. The highest BCUT2D eigenvalue weighted by Crippen LogP contribution is 2.65. The third-order valence-electron chi connectivity index (χ3n) is 11.2. The second-order valence-corrected chi connectivity index (χ2v) is 16.4. The Morgan fingerprint density at radius 1 is 1.04 bits per heavy atom. The lowest BCUT2D eigenvalue weighted by molar-refractivity contribution is -0.199. The summed E-state index contributed by atoms with van der Waals surface area (Å²) in [6.45, 7) is 12.3. The van der Waals surface area contributed by atoms with Gasteiger partial charge in [0.15, 0.2) is 0 Å². The Bertz CT molecular complexity index is 1890. The van der Waals surface area contributed by atoms with Crippen molar-refractivity contribution in [2.45, 2.75) is 103 Å². The Kier molecular flexibility index (Phi) is 10.9. The predicted molar refractivity (Wildman–Crippen MR) is 202 cm³/mol. The van der Waals surface area contributed by atoms with Crippen LogP contribution in [0.5, 0.6) is 0 Å². The smallest absolute Gasteiger partial charge is 0.404 e. The summed E-state index contributed by atoms with van der Waals surface area (Å²) in [5.74, 6) is -0.937. The van der Waals surface area contributed by atoms with E-state index in [0.29, 0.717) is 30.2 Å². The number of aryl methyl sites for hydroxylation is 1. The molecule has 7 rings (SSSR count). The van der Waals surface area contributed by atoms with Gasteiger partial charge in [-0.3, -0.25) is 19.4 Å². The molecule has 1 unspecified atom stereocenters. The van der Waals surface area contributed by atoms with Crippen LogP contribution in [0.15, 0.2) is 78.8 Å². The molecule has 2 bridgehead atoms. The second kappa shape index (κ2) is 15.2. The minimum atomic E-state index is -0.944. The van der Waals surface area contributed by atoms with E-state index in [0.717, 1.165) is 24.0 Å². The molecule has 4 fully saturated rings. The van der Waals surface area contributed by atoms with Gasteiger partial charge in [-0.05, 0) is 99.8 Å². The zero-order valence-electron chi connectivity index (χ0n) is 31.4. The lowest BCUT2D eigenvalue weighted by Crippen LogP contribution is -2.65. The Labute approximate surface area is 312 Å². The predicted octanol–water partition coefficient (Wildman–Crippen LogP) is 5.02. The van der Waals surface area contributed by atoms with Gasteiger partial charge in [-0.2, -0.15) is 5.26 Å². The Balaban J connectivity index is 1.22. The lowest BCUT2D eigenvalue weighted by atomic mass is 9.43. The molecule has 2 heterocycles. The van der Waals surface area contributed by atoms with Crippen LogP contribution in [0, 0.1) is 28.6 Å². The zero-order chi connectivity index (χ0) is 38.0. The molecule has 3 saturated carbocycles. The van der Waals surface area contributed by atoms with Crippen LogP contribution in [0.4, 0.5) is 0 Å². The van der Waals surface area contributed by atoms with Gasteiger partial charge in [-0.1, -0.05) is 68.4 Å². The van der Waals surface area contributed by atoms with Crippen LogP contribution in [0.2, 0.25) is 0 Å². The molecule has 1 aromatic heterocycles. The van der Waals surface area contributed by atoms with Crippen molar-refractivity contribution >= 4 is 30.9 Å². The first-order chi connectivity index (χ1) is 25.2. The van der Waals surface area contributed by atoms with Crippen molar-refractivity contribution in [3.8, 4) is 6.07 Å². The molecule has 3 aromatic rings. The van der Waals surface area contributed by atoms with Gasteiger partial charge >= 0.3 is 7.12 Å². The van der Waals surface area contributed by atoms with Crippen LogP contribution in [-0.4, -0.2) is 64.0 Å². The summed E-state index contributed by atoms with van der Waals surface area (Å²) in [6.07, 6.45) is 8.92. The summed E-state index contributed by atoms with van der Waals surface area (Å²) in [5, 5.41) is 18.6. The fourth-order valence-electron chi connectivity index (χ4n) is 8.23. The minimum absolute atomic E-state index is 0.0131. The van der Waals surface area contributed by atoms with Gasteiger partial charge in [0.2, 0.25) is 5.91 Å². The number of hydrogen-bond acceptors (Lipinski definition) is 8. The first-order valence-corrected chi connectivity index (χ1v) is 18.4. The van der Waals surface area contributed by atoms with Crippen LogP contribution in [0.1, 0.15) is 88.0 Å². The van der Waals surface area contributed by atoms with E-state index in [9.17, 15) is 19.6 Å². The molecule has 53 heavy (non-hydrogen) atoms. The molecule has 3 amide bonds. The maximum absolute atomic E-state index is 14.3. The van der Waals surface area contributed by atoms with Gasteiger partial charge in [0.1, 0.15) is 23.4 Å². The van der Waals surface area contributed by atoms with E-state index in [4.69, 9.17) is 9.31 Å². The first kappa shape index (κ1) is 37.9. The SMILES string of the molecule is CC(C)(C)NC(=O)C(C#N)=Cc1cccc(CCC(NC(=O)c2cnccn2)C(=O)N[C@@H](Cc2ccccc2)B2O[C@@H]3C[C@@H]4C[C@@H](C4(C)C)[C@]3(C)O2)c1.